The number of aromatic carboxylic acids is 1. The Labute approximate surface area is 118 Å². The van der Waals surface area contributed by atoms with Crippen molar-refractivity contribution in [3.63, 3.8) is 0 Å². The third-order valence-corrected chi connectivity index (χ3v) is 4.34. The summed E-state index contributed by atoms with van der Waals surface area (Å²) in [6, 6.07) is 3.24. The molecule has 100 valence electrons. The lowest BCUT2D eigenvalue weighted by molar-refractivity contribution is 0.0692. The number of aromatic nitrogens is 3. The van der Waals surface area contributed by atoms with E-state index in [0.29, 0.717) is 9.37 Å². The summed E-state index contributed by atoms with van der Waals surface area (Å²) in [5, 5.41) is 18.4. The molecule has 0 spiro atoms. The minimum atomic E-state index is -0.993. The number of nitrogens with zero attached hydrogens (tertiary/aromatic N) is 4. The fraction of sp³-hybridized carbons (Fsp3) is 0.273. The van der Waals surface area contributed by atoms with E-state index >= 15 is 0 Å². The summed E-state index contributed by atoms with van der Waals surface area (Å²) in [5.74, 6) is -0.993. The average Bonchev–Trinajstić information content (AvgIpc) is 2.77. The molecule has 8 heteroatoms. The van der Waals surface area contributed by atoms with Crippen molar-refractivity contribution in [2.45, 2.75) is 16.3 Å². The van der Waals surface area contributed by atoms with Crippen LogP contribution in [0.1, 0.15) is 16.1 Å². The van der Waals surface area contributed by atoms with Crippen LogP contribution in [0.3, 0.4) is 0 Å². The first-order valence-electron chi connectivity index (χ1n) is 5.37. The lowest BCUT2D eigenvalue weighted by Crippen LogP contribution is -2.07. The van der Waals surface area contributed by atoms with E-state index in [1.54, 1.807) is 12.1 Å². The van der Waals surface area contributed by atoms with Gasteiger partial charge in [-0.05, 0) is 30.8 Å². The van der Waals surface area contributed by atoms with E-state index in [1.165, 1.54) is 23.1 Å². The number of carboxylic acids is 1. The van der Waals surface area contributed by atoms with Gasteiger partial charge in [-0.15, -0.1) is 10.2 Å². The molecule has 0 unspecified atom stereocenters. The van der Waals surface area contributed by atoms with E-state index in [0.717, 1.165) is 10.8 Å². The fourth-order valence-corrected chi connectivity index (χ4v) is 3.11. The van der Waals surface area contributed by atoms with Crippen molar-refractivity contribution in [3.05, 3.63) is 23.4 Å². The molecule has 0 aromatic carbocycles. The van der Waals surface area contributed by atoms with Gasteiger partial charge in [0.15, 0.2) is 4.34 Å². The normalized spacial score (nSPS) is 10.5. The van der Waals surface area contributed by atoms with Gasteiger partial charge in [-0.25, -0.2) is 9.78 Å². The van der Waals surface area contributed by atoms with Crippen molar-refractivity contribution in [1.29, 1.82) is 0 Å². The Morgan fingerprint density at radius 3 is 2.68 bits per heavy atom. The molecule has 0 radical (unpaired) electrons. The van der Waals surface area contributed by atoms with Gasteiger partial charge in [-0.1, -0.05) is 11.3 Å². The topological polar surface area (TPSA) is 79.2 Å². The first kappa shape index (κ1) is 13.8. The molecule has 0 amide bonds. The maximum Gasteiger partial charge on any atom is 0.338 e. The summed E-state index contributed by atoms with van der Waals surface area (Å²) in [4.78, 5) is 17.2. The number of anilines is 1. The predicted molar refractivity (Wildman–Crippen MR) is 74.3 cm³/mol. The monoisotopic (exact) mass is 296 g/mol. The highest BCUT2D eigenvalue weighted by Gasteiger charge is 2.15. The molecular weight excluding hydrogens is 284 g/mol. The Bertz CT molecular complexity index is 612. The molecule has 0 aliphatic carbocycles. The van der Waals surface area contributed by atoms with Crippen LogP contribution in [0.15, 0.2) is 21.5 Å². The number of rotatable bonds is 4. The van der Waals surface area contributed by atoms with E-state index in [-0.39, 0.29) is 5.56 Å². The van der Waals surface area contributed by atoms with Crippen molar-refractivity contribution < 1.29 is 9.90 Å². The van der Waals surface area contributed by atoms with Gasteiger partial charge in [0.1, 0.15) is 5.03 Å². The van der Waals surface area contributed by atoms with Crippen LogP contribution in [-0.2, 0) is 0 Å². The van der Waals surface area contributed by atoms with Gasteiger partial charge in [0.2, 0.25) is 5.13 Å². The van der Waals surface area contributed by atoms with Gasteiger partial charge in [0.05, 0.1) is 5.56 Å². The number of pyridine rings is 1. The van der Waals surface area contributed by atoms with Crippen molar-refractivity contribution >= 4 is 34.2 Å². The minimum absolute atomic E-state index is 0.178. The van der Waals surface area contributed by atoms with E-state index < -0.39 is 5.97 Å². The summed E-state index contributed by atoms with van der Waals surface area (Å²) in [7, 11) is 3.76. The molecule has 0 atom stereocenters. The molecule has 2 aromatic rings. The molecule has 0 aliphatic rings. The van der Waals surface area contributed by atoms with E-state index in [1.807, 2.05) is 25.9 Å². The maximum absolute atomic E-state index is 11.1. The second kappa shape index (κ2) is 5.54. The van der Waals surface area contributed by atoms with Crippen LogP contribution < -0.4 is 4.90 Å². The molecule has 0 aliphatic heterocycles. The SMILES string of the molecule is Cc1ccc(C(=O)O)c(Sc2nnc(N(C)C)s2)n1. The molecule has 1 N–H and O–H groups in total. The highest BCUT2D eigenvalue weighted by Crippen LogP contribution is 2.33. The van der Waals surface area contributed by atoms with E-state index in [4.69, 9.17) is 5.11 Å². The van der Waals surface area contributed by atoms with Gasteiger partial charge >= 0.3 is 5.97 Å². The van der Waals surface area contributed by atoms with Crippen LogP contribution in [-0.4, -0.2) is 40.4 Å². The van der Waals surface area contributed by atoms with Gasteiger partial charge in [0, 0.05) is 19.8 Å². The van der Waals surface area contributed by atoms with Crippen LogP contribution in [0.25, 0.3) is 0 Å². The summed E-state index contributed by atoms with van der Waals surface area (Å²) in [5.41, 5.74) is 0.946. The predicted octanol–water partition coefficient (Wildman–Crippen LogP) is 2.16. The second-order valence-corrected chi connectivity index (χ2v) is 6.15. The smallest absolute Gasteiger partial charge is 0.338 e. The lowest BCUT2D eigenvalue weighted by Gasteiger charge is -2.04. The van der Waals surface area contributed by atoms with Crippen LogP contribution in [0, 0.1) is 6.92 Å². The molecule has 19 heavy (non-hydrogen) atoms. The third-order valence-electron chi connectivity index (χ3n) is 2.19. The van der Waals surface area contributed by atoms with Crippen molar-refractivity contribution in [1.82, 2.24) is 15.2 Å². The molecule has 6 nitrogen and oxygen atoms in total. The standard InChI is InChI=1S/C11H12N4O2S2/c1-6-4-5-7(9(16)17)8(12-6)18-11-14-13-10(19-11)15(2)3/h4-5H,1-3H3,(H,16,17). The molecule has 2 heterocycles. The van der Waals surface area contributed by atoms with Gasteiger partial charge < -0.3 is 10.0 Å². The van der Waals surface area contributed by atoms with Crippen molar-refractivity contribution in [3.8, 4) is 0 Å². The molecular formula is C11H12N4O2S2. The van der Waals surface area contributed by atoms with Crippen LogP contribution >= 0.6 is 23.1 Å². The highest BCUT2D eigenvalue weighted by molar-refractivity contribution is 8.01. The minimum Gasteiger partial charge on any atom is -0.478 e. The maximum atomic E-state index is 11.1. The third kappa shape index (κ3) is 3.21. The van der Waals surface area contributed by atoms with Crippen LogP contribution in [0.4, 0.5) is 5.13 Å². The van der Waals surface area contributed by atoms with E-state index in [9.17, 15) is 4.79 Å². The molecule has 2 aromatic heterocycles. The Balaban J connectivity index is 2.31. The second-order valence-electron chi connectivity index (χ2n) is 3.96. The Morgan fingerprint density at radius 1 is 1.37 bits per heavy atom. The van der Waals surface area contributed by atoms with E-state index in [2.05, 4.69) is 15.2 Å². The lowest BCUT2D eigenvalue weighted by atomic mass is 10.2. The number of hydrogen-bond acceptors (Lipinski definition) is 7. The zero-order chi connectivity index (χ0) is 14.0. The Morgan fingerprint density at radius 2 is 2.11 bits per heavy atom. The highest BCUT2D eigenvalue weighted by atomic mass is 32.2. The van der Waals surface area contributed by atoms with Gasteiger partial charge in [-0.2, -0.15) is 0 Å². The quantitative estimate of drug-likeness (QED) is 0.926. The average molecular weight is 296 g/mol. The largest absolute Gasteiger partial charge is 0.478 e. The number of carboxylic acid groups (broad SMARTS) is 1. The van der Waals surface area contributed by atoms with Crippen molar-refractivity contribution in [2.75, 3.05) is 19.0 Å². The van der Waals surface area contributed by atoms with Gasteiger partial charge in [-0.3, -0.25) is 0 Å². The first-order valence-corrected chi connectivity index (χ1v) is 7.00. The molecule has 0 bridgehead atoms. The Hall–Kier alpha value is -1.67. The number of carbonyl (C=O) groups is 1. The van der Waals surface area contributed by atoms with Crippen molar-refractivity contribution in [2.24, 2.45) is 0 Å². The van der Waals surface area contributed by atoms with Crippen LogP contribution in [0.5, 0.6) is 0 Å². The fourth-order valence-electron chi connectivity index (χ4n) is 1.28. The zero-order valence-electron chi connectivity index (χ0n) is 10.6. The molecule has 0 saturated heterocycles. The summed E-state index contributed by atoms with van der Waals surface area (Å²) >= 11 is 2.62. The van der Waals surface area contributed by atoms with Crippen LogP contribution in [0.2, 0.25) is 0 Å². The number of aryl methyl sites for hydroxylation is 1. The first-order chi connectivity index (χ1) is 8.97. The molecule has 2 rings (SSSR count). The summed E-state index contributed by atoms with van der Waals surface area (Å²) in [6.07, 6.45) is 0. The number of hydrogen-bond donors (Lipinski definition) is 1. The zero-order valence-corrected chi connectivity index (χ0v) is 12.2. The Kier molecular flexibility index (Phi) is 4.01. The molecule has 0 fully saturated rings. The van der Waals surface area contributed by atoms with Gasteiger partial charge in [0.25, 0.3) is 0 Å². The summed E-state index contributed by atoms with van der Waals surface area (Å²) < 4.78 is 0.671. The summed E-state index contributed by atoms with van der Waals surface area (Å²) in [6.45, 7) is 1.82. The molecule has 0 saturated carbocycles.